The molecule has 17 amide bonds. The van der Waals surface area contributed by atoms with Crippen molar-refractivity contribution in [1.82, 2.24) is 87.6 Å². The number of carbonyl (C=O) groups excluding carboxylic acids is 17. The minimum absolute atomic E-state index is 0.0128. The Morgan fingerprint density at radius 1 is 0.527 bits per heavy atom. The zero-order valence-electron chi connectivity index (χ0n) is 72.8. The van der Waals surface area contributed by atoms with E-state index in [2.05, 4.69) is 63.1 Å². The molecule has 24 N–H and O–H groups in total. The van der Waals surface area contributed by atoms with Crippen LogP contribution in [0.3, 0.4) is 0 Å². The Labute approximate surface area is 747 Å². The average molecular weight is 1820 g/mol. The summed E-state index contributed by atoms with van der Waals surface area (Å²) in [5.41, 5.74) is 25.7. The van der Waals surface area contributed by atoms with Gasteiger partial charge in [-0.25, -0.2) is 0 Å². The van der Waals surface area contributed by atoms with Gasteiger partial charge in [0.1, 0.15) is 90.3 Å². The number of phenolic OH excluding ortho intramolecular Hbond substituents is 1. The quantitative estimate of drug-likeness (QED) is 0.0275. The molecule has 0 radical (unpaired) electrons. The van der Waals surface area contributed by atoms with Gasteiger partial charge in [-0.2, -0.15) is 0 Å². The van der Waals surface area contributed by atoms with Crippen LogP contribution in [0.25, 0.3) is 21.8 Å². The number of aromatic nitrogens is 2. The molecule has 3 saturated heterocycles. The summed E-state index contributed by atoms with van der Waals surface area (Å²) in [5.74, 6) is -19.7. The summed E-state index contributed by atoms with van der Waals surface area (Å²) < 4.78 is 0. The van der Waals surface area contributed by atoms with Crippen molar-refractivity contribution in [2.75, 3.05) is 72.0 Å². The number of nitrogens with two attached hydrogens (primary N) is 4. The Kier molecular flexibility index (Phi) is 38.1. The predicted molar refractivity (Wildman–Crippen MR) is 468 cm³/mol. The number of nitrogens with zero attached hydrogens (tertiary/aromatic N) is 5. The van der Waals surface area contributed by atoms with E-state index in [0.717, 1.165) is 36.3 Å². The third-order valence-corrected chi connectivity index (χ3v) is 24.0. The summed E-state index contributed by atoms with van der Waals surface area (Å²) >= 11 is 0.748. The second-order valence-corrected chi connectivity index (χ2v) is 33.4. The number of benzene rings is 3. The summed E-state index contributed by atoms with van der Waals surface area (Å²) in [6.45, 7) is 1.31. The number of aliphatic hydroxyl groups excluding tert-OH is 2. The zero-order valence-corrected chi connectivity index (χ0v) is 73.6. The smallest absolute Gasteiger partial charge is 0.305 e. The highest BCUT2D eigenvalue weighted by Crippen LogP contribution is 2.28. The van der Waals surface area contributed by atoms with Crippen LogP contribution in [-0.2, 0) is 106 Å². The fourth-order valence-electron chi connectivity index (χ4n) is 15.7. The lowest BCUT2D eigenvalue weighted by atomic mass is 10.00. The molecule has 3 aliphatic heterocycles. The number of nitrogens with one attached hydrogen (secondary N) is 12. The van der Waals surface area contributed by atoms with E-state index in [1.54, 1.807) is 60.9 Å². The first-order valence-electron chi connectivity index (χ1n) is 42.8. The maximum atomic E-state index is 15.6. The summed E-state index contributed by atoms with van der Waals surface area (Å²) in [6.07, 6.45) is -0.537. The average Bonchev–Trinajstić information content (AvgIpc) is 1.76. The van der Waals surface area contributed by atoms with Crippen LogP contribution in [0.2, 0.25) is 0 Å². The molecule has 0 unspecified atom stereocenters. The van der Waals surface area contributed by atoms with Gasteiger partial charge >= 0.3 is 5.97 Å². The van der Waals surface area contributed by atoms with Crippen LogP contribution in [0.4, 0.5) is 0 Å². The number of amides is 17. The molecule has 5 heterocycles. The SMILES string of the molecule is CCCC[C@H]1C(=O)N(C)[C@@H](CCCC)C(=O)N[C@@H](CCN)C(=O)N[C@H](C(=O)NCC(N)=O)CSCC(=O)N[C@@H](Cc2ccc(O)cc2)C(=O)N(C)[C@@H](C)C(=O)N[C@@H](CC(=O)O)C(=O)N2CCC[C@H]2C(=O)N[C@@H](CN)C(=O)N[C@@H](CCC(N)=O)C(=O)N2C[C@H](O)C[C@H]2C(=O)N[C@@H](Cc2c[nH]c3ccccc23)C(=O)N[C@@H](CO)C(=O)N[C@@H](Cc2c[nH]c3ccccc23)C(=O)N1C. The molecule has 702 valence electrons. The molecule has 3 aromatic carbocycles. The van der Waals surface area contributed by atoms with Gasteiger partial charge in [0.2, 0.25) is 100 Å². The molecule has 0 bridgehead atoms. The van der Waals surface area contributed by atoms with E-state index in [-0.39, 0.29) is 70.2 Å². The molecular formula is C85H119N21O22S. The van der Waals surface area contributed by atoms with Crippen LogP contribution in [0.15, 0.2) is 85.2 Å². The number of carboxylic acid groups (broad SMARTS) is 1. The topological polar surface area (TPSA) is 660 Å². The first-order chi connectivity index (χ1) is 61.4. The molecule has 5 aromatic rings. The lowest BCUT2D eigenvalue weighted by Crippen LogP contribution is -2.62. The molecule has 43 nitrogen and oxygen atoms in total. The normalized spacial score (nSPS) is 25.3. The Balaban J connectivity index is 1.17. The number of rotatable bonds is 24. The molecule has 44 heteroatoms. The first kappa shape index (κ1) is 102. The molecule has 0 aliphatic carbocycles. The third-order valence-electron chi connectivity index (χ3n) is 23.0. The van der Waals surface area contributed by atoms with E-state index in [9.17, 15) is 78.0 Å². The molecule has 129 heavy (non-hydrogen) atoms. The van der Waals surface area contributed by atoms with Crippen molar-refractivity contribution in [2.24, 2.45) is 22.9 Å². The monoisotopic (exact) mass is 1820 g/mol. The summed E-state index contributed by atoms with van der Waals surface area (Å²) in [4.78, 5) is 270. The van der Waals surface area contributed by atoms with Crippen molar-refractivity contribution in [1.29, 1.82) is 0 Å². The van der Waals surface area contributed by atoms with E-state index in [4.69, 9.17) is 22.9 Å². The minimum atomic E-state index is -1.93. The van der Waals surface area contributed by atoms with Crippen molar-refractivity contribution in [3.05, 3.63) is 102 Å². The molecular weight excluding hydrogens is 1700 g/mol. The Morgan fingerprint density at radius 2 is 1.05 bits per heavy atom. The number of hydrogen-bond donors (Lipinski definition) is 20. The number of thioether (sulfide) groups is 1. The fraction of sp³-hybridized carbons (Fsp3) is 0.529. The lowest BCUT2D eigenvalue weighted by Gasteiger charge is -2.36. The van der Waals surface area contributed by atoms with E-state index < -0.39 is 261 Å². The molecule has 15 atom stereocenters. The van der Waals surface area contributed by atoms with Crippen molar-refractivity contribution in [3.8, 4) is 5.75 Å². The van der Waals surface area contributed by atoms with E-state index in [1.807, 2.05) is 13.8 Å². The summed E-state index contributed by atoms with van der Waals surface area (Å²) in [5, 5.41) is 69.3. The van der Waals surface area contributed by atoms with Gasteiger partial charge in [0.25, 0.3) is 0 Å². The Hall–Kier alpha value is -12.8. The number of aliphatic carboxylic acids is 1. The second kappa shape index (κ2) is 48.4. The second-order valence-electron chi connectivity index (χ2n) is 32.3. The highest BCUT2D eigenvalue weighted by molar-refractivity contribution is 8.00. The maximum Gasteiger partial charge on any atom is 0.305 e. The van der Waals surface area contributed by atoms with E-state index in [0.29, 0.717) is 64.2 Å². The number of unbranched alkanes of at least 4 members (excludes halogenated alkanes) is 2. The number of aromatic hydroxyl groups is 1. The van der Waals surface area contributed by atoms with Gasteiger partial charge in [0.05, 0.1) is 31.4 Å². The number of hydrogen-bond acceptors (Lipinski definition) is 24. The van der Waals surface area contributed by atoms with Crippen molar-refractivity contribution >= 4 is 140 Å². The summed E-state index contributed by atoms with van der Waals surface area (Å²) in [6, 6.07) is -3.45. The van der Waals surface area contributed by atoms with Crippen LogP contribution in [0.1, 0.15) is 121 Å². The largest absolute Gasteiger partial charge is 0.508 e. The highest BCUT2D eigenvalue weighted by atomic mass is 32.2. The molecule has 3 fully saturated rings. The number of para-hydroxylation sites is 2. The van der Waals surface area contributed by atoms with Crippen molar-refractivity contribution in [3.63, 3.8) is 0 Å². The van der Waals surface area contributed by atoms with Crippen LogP contribution < -0.4 is 76.1 Å². The number of carbonyl (C=O) groups is 18. The van der Waals surface area contributed by atoms with Gasteiger partial charge in [-0.05, 0) is 92.9 Å². The van der Waals surface area contributed by atoms with Gasteiger partial charge < -0.3 is 131 Å². The van der Waals surface area contributed by atoms with Gasteiger partial charge in [0.15, 0.2) is 0 Å². The van der Waals surface area contributed by atoms with Crippen LogP contribution in [0, 0.1) is 0 Å². The number of primary amides is 2. The van der Waals surface area contributed by atoms with Gasteiger partial charge in [-0.3, -0.25) is 86.3 Å². The van der Waals surface area contributed by atoms with E-state index >= 15 is 28.8 Å². The van der Waals surface area contributed by atoms with Crippen molar-refractivity contribution in [2.45, 2.75) is 214 Å². The minimum Gasteiger partial charge on any atom is -0.508 e. The lowest BCUT2D eigenvalue weighted by molar-refractivity contribution is -0.149. The van der Waals surface area contributed by atoms with Crippen LogP contribution in [-0.4, -0.2) is 324 Å². The Morgan fingerprint density at radius 3 is 1.64 bits per heavy atom. The molecule has 0 saturated carbocycles. The fourth-order valence-corrected chi connectivity index (χ4v) is 16.5. The molecule has 8 rings (SSSR count). The van der Waals surface area contributed by atoms with Crippen LogP contribution >= 0.6 is 11.8 Å². The van der Waals surface area contributed by atoms with Gasteiger partial charge in [-0.1, -0.05) is 88.1 Å². The number of fused-ring (bicyclic) bond motifs is 4. The zero-order chi connectivity index (χ0) is 94.6. The predicted octanol–water partition coefficient (Wildman–Crippen LogP) is -5.03. The number of phenols is 1. The highest BCUT2D eigenvalue weighted by Gasteiger charge is 2.47. The number of carboxylic acids is 1. The summed E-state index contributed by atoms with van der Waals surface area (Å²) in [7, 11) is 3.83. The van der Waals surface area contributed by atoms with Crippen molar-refractivity contribution < 1.29 is 107 Å². The first-order valence-corrected chi connectivity index (χ1v) is 43.9. The Bertz CT molecular complexity index is 4880. The van der Waals surface area contributed by atoms with Gasteiger partial charge in [-0.15, -0.1) is 11.8 Å². The number of H-pyrrole nitrogens is 2. The number of aromatic amines is 2. The number of aliphatic hydroxyl groups is 2. The van der Waals surface area contributed by atoms with Gasteiger partial charge in [0, 0.05) is 113 Å². The van der Waals surface area contributed by atoms with E-state index in [1.165, 1.54) is 52.3 Å². The standard InChI is InChI=1S/C85H119N21O22S/c1-7-9-20-64-78(121)94-55(29-30-86)74(117)101-63(73(116)92-40-69(89)111)43-129-44-70(112)93-58(32-46-23-25-49(108)26-24-46)81(124)102(4)45(3)72(115)97-60(36-71(113)114)84(127)105-31-15-22-65(105)79(122)99-61(37-87)76(119)95-56(27-28-68(88)110)83(126)106-41-50(109)35-67(106)80(123)96-57(33-47-38-90-53-18-13-11-16-51(47)53)75(118)100-62(42-107)77(120)98-59(34-48-39-91-54-19-14-12-17-52(48)54)82(125)104(6)66(21-10-8-2)85(128)103(64)5/h11-14,16-19,23-26,38-39,45,50,55-67,90-91,107-109H,7-10,15,20-22,27-37,40-44,86-87H2,1-6H3,(H2,88,110)(H2,89,111)(H,92,116)(H,93,112)(H,94,121)(H,95,119)(H,96,123)(H,97,115)(H,98,120)(H,99,122)(H,100,118)(H,101,117)(H,113,114)/t45-,50+,55-,56-,57-,58-,59-,60-,61-,62-,63-,64-,65-,66-,67-/m0/s1. The molecule has 3 aliphatic rings. The third kappa shape index (κ3) is 27.9. The maximum absolute atomic E-state index is 15.6. The number of likely N-dealkylation sites (N-methyl/N-ethyl adjacent to an activating group) is 3. The molecule has 2 aromatic heterocycles. The van der Waals surface area contributed by atoms with Crippen LogP contribution in [0.5, 0.6) is 5.75 Å². The molecule has 0 spiro atoms.